The van der Waals surface area contributed by atoms with E-state index in [0.717, 1.165) is 61.4 Å². The van der Waals surface area contributed by atoms with Gasteiger partial charge in [-0.25, -0.2) is 4.39 Å². The quantitative estimate of drug-likeness (QED) is 0.603. The number of aryl methyl sites for hydroxylation is 1. The Bertz CT molecular complexity index is 1070. The first-order valence-electron chi connectivity index (χ1n) is 13.3. The van der Waals surface area contributed by atoms with E-state index >= 15 is 0 Å². The van der Waals surface area contributed by atoms with Crippen molar-refractivity contribution in [2.24, 2.45) is 5.92 Å². The van der Waals surface area contributed by atoms with Gasteiger partial charge in [-0.3, -0.25) is 4.79 Å². The predicted molar refractivity (Wildman–Crippen MR) is 143 cm³/mol. The molecule has 2 fully saturated rings. The fraction of sp³-hybridized carbons (Fsp3) is 0.552. The number of rotatable bonds is 6. The highest BCUT2D eigenvalue weighted by Gasteiger charge is 2.50. The molecule has 36 heavy (non-hydrogen) atoms. The molecule has 1 saturated heterocycles. The minimum Gasteiger partial charge on any atom is -0.377 e. The van der Waals surface area contributed by atoms with Gasteiger partial charge in [0.15, 0.2) is 0 Å². The molecule has 2 aromatic carbocycles. The lowest BCUT2D eigenvalue weighted by Gasteiger charge is -2.40. The summed E-state index contributed by atoms with van der Waals surface area (Å²) in [6, 6.07) is 11.7. The van der Waals surface area contributed by atoms with E-state index in [1.54, 1.807) is 6.07 Å². The number of fused-ring (bicyclic) bond motifs is 1. The van der Waals surface area contributed by atoms with Crippen LogP contribution >= 0.6 is 0 Å². The molecule has 2 N–H and O–H groups in total. The Hall–Kier alpha value is -2.64. The lowest BCUT2D eigenvalue weighted by atomic mass is 9.72. The summed E-state index contributed by atoms with van der Waals surface area (Å²) in [5, 5.41) is 6.81. The van der Waals surface area contributed by atoms with Crippen molar-refractivity contribution in [3.05, 3.63) is 53.3 Å². The lowest BCUT2D eigenvalue weighted by molar-refractivity contribution is -0.122. The molecule has 0 aromatic heterocycles. The highest BCUT2D eigenvalue weighted by molar-refractivity contribution is 6.02. The van der Waals surface area contributed by atoms with Crippen LogP contribution in [-0.2, 0) is 16.0 Å². The van der Waals surface area contributed by atoms with Gasteiger partial charge in [0.1, 0.15) is 11.4 Å². The third-order valence-electron chi connectivity index (χ3n) is 8.21. The molecule has 1 aliphatic carbocycles. The van der Waals surface area contributed by atoms with Gasteiger partial charge in [0.25, 0.3) is 5.91 Å². The SMILES string of the molecule is Cc1ccc(F)c2c1NC(C(=O)Nc1cccc(N3CCOCC3CN(C)C)c1)(C1CCCCC1)C2. The maximum absolute atomic E-state index is 14.9. The number of anilines is 3. The van der Waals surface area contributed by atoms with E-state index in [1.165, 1.54) is 12.5 Å². The fourth-order valence-corrected chi connectivity index (χ4v) is 6.37. The normalized spacial score (nSPS) is 24.5. The molecule has 7 heteroatoms. The Morgan fingerprint density at radius 2 is 2.03 bits per heavy atom. The minimum atomic E-state index is -0.835. The van der Waals surface area contributed by atoms with Crippen molar-refractivity contribution in [2.45, 2.75) is 57.0 Å². The maximum atomic E-state index is 14.9. The molecule has 2 unspecified atom stereocenters. The van der Waals surface area contributed by atoms with Crippen LogP contribution in [0.5, 0.6) is 0 Å². The van der Waals surface area contributed by atoms with Crippen molar-refractivity contribution in [1.82, 2.24) is 4.90 Å². The van der Waals surface area contributed by atoms with Crippen LogP contribution < -0.4 is 15.5 Å². The highest BCUT2D eigenvalue weighted by atomic mass is 19.1. The maximum Gasteiger partial charge on any atom is 0.250 e. The summed E-state index contributed by atoms with van der Waals surface area (Å²) in [7, 11) is 4.15. The van der Waals surface area contributed by atoms with Crippen LogP contribution in [-0.4, -0.2) is 62.8 Å². The first-order valence-corrected chi connectivity index (χ1v) is 13.3. The second kappa shape index (κ2) is 10.4. The minimum absolute atomic E-state index is 0.0617. The molecule has 0 bridgehead atoms. The Labute approximate surface area is 214 Å². The monoisotopic (exact) mass is 494 g/mol. The molecular formula is C29H39FN4O2. The Morgan fingerprint density at radius 3 is 2.78 bits per heavy atom. The van der Waals surface area contributed by atoms with Crippen LogP contribution in [0.3, 0.4) is 0 Å². The first-order chi connectivity index (χ1) is 17.4. The summed E-state index contributed by atoms with van der Waals surface area (Å²) in [5.41, 5.74) is 3.45. The molecule has 3 aliphatic rings. The third kappa shape index (κ3) is 4.83. The third-order valence-corrected chi connectivity index (χ3v) is 8.21. The van der Waals surface area contributed by atoms with Crippen molar-refractivity contribution >= 4 is 23.0 Å². The van der Waals surface area contributed by atoms with Gasteiger partial charge in [-0.2, -0.15) is 0 Å². The summed E-state index contributed by atoms with van der Waals surface area (Å²) in [4.78, 5) is 18.6. The summed E-state index contributed by atoms with van der Waals surface area (Å²) in [6.45, 7) is 5.08. The fourth-order valence-electron chi connectivity index (χ4n) is 6.37. The van der Waals surface area contributed by atoms with Crippen LogP contribution in [0.4, 0.5) is 21.5 Å². The molecule has 0 spiro atoms. The van der Waals surface area contributed by atoms with Crippen molar-refractivity contribution in [3.63, 3.8) is 0 Å². The van der Waals surface area contributed by atoms with E-state index in [1.807, 2.05) is 19.1 Å². The number of morpholine rings is 1. The number of benzene rings is 2. The van der Waals surface area contributed by atoms with E-state index in [0.29, 0.717) is 25.2 Å². The van der Waals surface area contributed by atoms with Crippen LogP contribution in [0.1, 0.15) is 43.2 Å². The van der Waals surface area contributed by atoms with Gasteiger partial charge in [0.05, 0.1) is 19.3 Å². The molecule has 1 amide bonds. The van der Waals surface area contributed by atoms with Gasteiger partial charge < -0.3 is 25.2 Å². The Kier molecular flexibility index (Phi) is 7.22. The molecular weight excluding hydrogens is 455 g/mol. The largest absolute Gasteiger partial charge is 0.377 e. The standard InChI is InChI=1S/C29H39FN4O2/c1-20-12-13-26(30)25-17-29(32-27(20)25,21-8-5-4-6-9-21)28(35)31-22-10-7-11-23(16-22)34-14-15-36-19-24(34)18-33(2)3/h7,10-13,16,21,24,32H,4-6,8-9,14-15,17-19H2,1-3H3,(H,31,35). The molecule has 0 radical (unpaired) electrons. The summed E-state index contributed by atoms with van der Waals surface area (Å²) >= 11 is 0. The second-order valence-electron chi connectivity index (χ2n) is 11.0. The van der Waals surface area contributed by atoms with Crippen molar-refractivity contribution in [2.75, 3.05) is 55.9 Å². The van der Waals surface area contributed by atoms with E-state index in [4.69, 9.17) is 4.74 Å². The number of halogens is 1. The average Bonchev–Trinajstić information content (AvgIpc) is 3.31. The van der Waals surface area contributed by atoms with Gasteiger partial charge >= 0.3 is 0 Å². The predicted octanol–water partition coefficient (Wildman–Crippen LogP) is 4.83. The van der Waals surface area contributed by atoms with Gasteiger partial charge in [-0.15, -0.1) is 0 Å². The Balaban J connectivity index is 1.42. The van der Waals surface area contributed by atoms with Gasteiger partial charge in [0, 0.05) is 42.1 Å². The first kappa shape index (κ1) is 25.0. The molecule has 2 aliphatic heterocycles. The van der Waals surface area contributed by atoms with Crippen molar-refractivity contribution in [3.8, 4) is 0 Å². The zero-order chi connectivity index (χ0) is 25.3. The molecule has 2 aromatic rings. The van der Waals surface area contributed by atoms with E-state index in [9.17, 15) is 9.18 Å². The summed E-state index contributed by atoms with van der Waals surface area (Å²) < 4.78 is 20.6. The van der Waals surface area contributed by atoms with Gasteiger partial charge in [-0.05, 0) is 69.6 Å². The van der Waals surface area contributed by atoms with Crippen LogP contribution in [0.2, 0.25) is 0 Å². The molecule has 5 rings (SSSR count). The molecule has 2 heterocycles. The molecule has 6 nitrogen and oxygen atoms in total. The number of nitrogens with one attached hydrogen (secondary N) is 2. The number of hydrogen-bond acceptors (Lipinski definition) is 5. The topological polar surface area (TPSA) is 56.8 Å². The average molecular weight is 495 g/mol. The lowest BCUT2D eigenvalue weighted by Crippen LogP contribution is -2.55. The van der Waals surface area contributed by atoms with Crippen molar-refractivity contribution in [1.29, 1.82) is 0 Å². The number of amides is 1. The van der Waals surface area contributed by atoms with Gasteiger partial charge in [0.2, 0.25) is 0 Å². The summed E-state index contributed by atoms with van der Waals surface area (Å²) in [6.07, 6.45) is 5.77. The van der Waals surface area contributed by atoms with Gasteiger partial charge in [-0.1, -0.05) is 31.4 Å². The Morgan fingerprint density at radius 1 is 1.22 bits per heavy atom. The smallest absolute Gasteiger partial charge is 0.250 e. The van der Waals surface area contributed by atoms with Crippen molar-refractivity contribution < 1.29 is 13.9 Å². The second-order valence-corrected chi connectivity index (χ2v) is 11.0. The van der Waals surface area contributed by atoms with E-state index < -0.39 is 5.54 Å². The molecule has 2 atom stereocenters. The summed E-state index contributed by atoms with van der Waals surface area (Å²) in [5.74, 6) is -0.118. The number of hydrogen-bond donors (Lipinski definition) is 2. The van der Waals surface area contributed by atoms with E-state index in [2.05, 4.69) is 46.7 Å². The van der Waals surface area contributed by atoms with Crippen LogP contribution in [0, 0.1) is 18.7 Å². The van der Waals surface area contributed by atoms with E-state index in [-0.39, 0.29) is 23.7 Å². The number of carbonyl (C=O) groups excluding carboxylic acids is 1. The zero-order valence-electron chi connectivity index (χ0n) is 21.8. The van der Waals surface area contributed by atoms with Crippen LogP contribution in [0.25, 0.3) is 0 Å². The zero-order valence-corrected chi connectivity index (χ0v) is 21.8. The number of carbonyl (C=O) groups is 1. The molecule has 1 saturated carbocycles. The highest BCUT2D eigenvalue weighted by Crippen LogP contribution is 2.45. The molecule has 194 valence electrons. The number of ether oxygens (including phenoxy) is 1. The number of likely N-dealkylation sites (N-methyl/N-ethyl adjacent to an activating group) is 1. The number of nitrogens with zero attached hydrogens (tertiary/aromatic N) is 2. The van der Waals surface area contributed by atoms with Crippen LogP contribution in [0.15, 0.2) is 36.4 Å².